The van der Waals surface area contributed by atoms with Crippen LogP contribution in [0, 0.1) is 20.8 Å². The number of aromatic hydroxyl groups is 1. The van der Waals surface area contributed by atoms with E-state index in [-0.39, 0.29) is 17.7 Å². The minimum atomic E-state index is -0.170. The van der Waals surface area contributed by atoms with Crippen LogP contribution in [0.1, 0.15) is 44.2 Å². The van der Waals surface area contributed by atoms with E-state index < -0.39 is 0 Å². The average Bonchev–Trinajstić information content (AvgIpc) is 2.71. The lowest BCUT2D eigenvalue weighted by molar-refractivity contribution is 0.0939. The minimum Gasteiger partial charge on any atom is -0.508 e. The molecule has 1 atom stereocenters. The van der Waals surface area contributed by atoms with Crippen LogP contribution in [0.4, 0.5) is 0 Å². The van der Waals surface area contributed by atoms with E-state index in [0.717, 1.165) is 11.1 Å². The van der Waals surface area contributed by atoms with Crippen LogP contribution in [-0.2, 0) is 0 Å². The van der Waals surface area contributed by atoms with Crippen molar-refractivity contribution in [3.05, 3.63) is 50.7 Å². The van der Waals surface area contributed by atoms with Gasteiger partial charge in [-0.25, -0.2) is 0 Å². The Morgan fingerprint density at radius 2 is 1.95 bits per heavy atom. The normalized spacial score (nSPS) is 12.2. The van der Waals surface area contributed by atoms with Crippen molar-refractivity contribution in [2.75, 3.05) is 0 Å². The van der Waals surface area contributed by atoms with Gasteiger partial charge in [-0.1, -0.05) is 6.07 Å². The maximum atomic E-state index is 12.2. The molecule has 1 aromatic heterocycles. The molecule has 3 nitrogen and oxygen atoms in total. The van der Waals surface area contributed by atoms with E-state index in [2.05, 4.69) is 25.2 Å². The molecule has 2 N–H and O–H groups in total. The Hall–Kier alpha value is -1.81. The lowest BCUT2D eigenvalue weighted by Gasteiger charge is -2.14. The number of phenolic OH excluding ortho intramolecular Hbond substituents is 1. The number of hydrogen-bond donors (Lipinski definition) is 2. The third kappa shape index (κ3) is 3.02. The standard InChI is InChI=1S/C16H19NO2S/c1-9-5-6-13(8-15(9)18)16(19)17-11(3)14-7-10(2)20-12(14)4/h5-8,11,18H,1-4H3,(H,17,19). The van der Waals surface area contributed by atoms with Gasteiger partial charge in [0.05, 0.1) is 6.04 Å². The van der Waals surface area contributed by atoms with Crippen LogP contribution in [0.5, 0.6) is 5.75 Å². The molecule has 0 saturated heterocycles. The Morgan fingerprint density at radius 1 is 1.25 bits per heavy atom. The number of hydrogen-bond acceptors (Lipinski definition) is 3. The fourth-order valence-corrected chi connectivity index (χ4v) is 3.21. The van der Waals surface area contributed by atoms with Crippen LogP contribution >= 0.6 is 11.3 Å². The fourth-order valence-electron chi connectivity index (χ4n) is 2.19. The van der Waals surface area contributed by atoms with Crippen molar-refractivity contribution in [2.24, 2.45) is 0 Å². The third-order valence-electron chi connectivity index (χ3n) is 3.36. The van der Waals surface area contributed by atoms with Crippen LogP contribution in [0.2, 0.25) is 0 Å². The van der Waals surface area contributed by atoms with Crippen molar-refractivity contribution in [1.82, 2.24) is 5.32 Å². The monoisotopic (exact) mass is 289 g/mol. The molecular formula is C16H19NO2S. The second-order valence-corrected chi connectivity index (χ2v) is 6.53. The van der Waals surface area contributed by atoms with Gasteiger partial charge < -0.3 is 10.4 Å². The van der Waals surface area contributed by atoms with Gasteiger partial charge in [0, 0.05) is 15.3 Å². The molecule has 1 unspecified atom stereocenters. The molecule has 106 valence electrons. The van der Waals surface area contributed by atoms with Gasteiger partial charge in [0.2, 0.25) is 0 Å². The number of amides is 1. The molecule has 0 saturated carbocycles. The average molecular weight is 289 g/mol. The number of thiophene rings is 1. The zero-order valence-corrected chi connectivity index (χ0v) is 13.0. The Bertz CT molecular complexity index is 646. The van der Waals surface area contributed by atoms with E-state index in [1.54, 1.807) is 30.4 Å². The molecule has 2 aromatic rings. The highest BCUT2D eigenvalue weighted by atomic mass is 32.1. The summed E-state index contributed by atoms with van der Waals surface area (Å²) in [5.74, 6) is -0.0242. The second-order valence-electron chi connectivity index (χ2n) is 5.06. The lowest BCUT2D eigenvalue weighted by Crippen LogP contribution is -2.26. The minimum absolute atomic E-state index is 0.0455. The number of carbonyl (C=O) groups is 1. The van der Waals surface area contributed by atoms with Crippen molar-refractivity contribution in [3.63, 3.8) is 0 Å². The predicted molar refractivity (Wildman–Crippen MR) is 82.5 cm³/mol. The highest BCUT2D eigenvalue weighted by Crippen LogP contribution is 2.26. The van der Waals surface area contributed by atoms with E-state index in [9.17, 15) is 9.90 Å². The summed E-state index contributed by atoms with van der Waals surface area (Å²) in [6.07, 6.45) is 0. The molecule has 1 heterocycles. The highest BCUT2D eigenvalue weighted by molar-refractivity contribution is 7.12. The first-order chi connectivity index (χ1) is 9.38. The van der Waals surface area contributed by atoms with Gasteiger partial charge >= 0.3 is 0 Å². The molecule has 0 radical (unpaired) electrons. The van der Waals surface area contributed by atoms with Crippen molar-refractivity contribution in [2.45, 2.75) is 33.7 Å². The van der Waals surface area contributed by atoms with Crippen molar-refractivity contribution >= 4 is 17.2 Å². The molecular weight excluding hydrogens is 270 g/mol. The molecule has 4 heteroatoms. The second kappa shape index (κ2) is 5.67. The Morgan fingerprint density at radius 3 is 2.50 bits per heavy atom. The Balaban J connectivity index is 2.15. The van der Waals surface area contributed by atoms with Gasteiger partial charge in [-0.15, -0.1) is 11.3 Å². The Kier molecular flexibility index (Phi) is 4.14. The van der Waals surface area contributed by atoms with Gasteiger partial charge in [-0.05, 0) is 57.0 Å². The lowest BCUT2D eigenvalue weighted by atomic mass is 10.1. The summed E-state index contributed by atoms with van der Waals surface area (Å²) in [5, 5.41) is 12.6. The number of rotatable bonds is 3. The molecule has 1 amide bonds. The molecule has 0 bridgehead atoms. The van der Waals surface area contributed by atoms with Gasteiger partial charge in [0.15, 0.2) is 0 Å². The van der Waals surface area contributed by atoms with Crippen molar-refractivity contribution in [1.29, 1.82) is 0 Å². The molecule has 0 fully saturated rings. The molecule has 0 aliphatic carbocycles. The summed E-state index contributed by atoms with van der Waals surface area (Å²) >= 11 is 1.73. The van der Waals surface area contributed by atoms with E-state index in [1.807, 2.05) is 6.92 Å². The highest BCUT2D eigenvalue weighted by Gasteiger charge is 2.15. The SMILES string of the molecule is Cc1cc(C(C)NC(=O)c2ccc(C)c(O)c2)c(C)s1. The molecule has 20 heavy (non-hydrogen) atoms. The number of aryl methyl sites for hydroxylation is 3. The fraction of sp³-hybridized carbons (Fsp3) is 0.312. The molecule has 0 aliphatic heterocycles. The van der Waals surface area contributed by atoms with Crippen LogP contribution in [0.25, 0.3) is 0 Å². The maximum Gasteiger partial charge on any atom is 0.251 e. The Labute approximate surface area is 123 Å². The van der Waals surface area contributed by atoms with Crippen LogP contribution in [0.3, 0.4) is 0 Å². The molecule has 1 aromatic carbocycles. The van der Waals surface area contributed by atoms with Gasteiger partial charge in [0.1, 0.15) is 5.75 Å². The summed E-state index contributed by atoms with van der Waals surface area (Å²) in [6, 6.07) is 7.04. The van der Waals surface area contributed by atoms with Gasteiger partial charge in [-0.3, -0.25) is 4.79 Å². The third-order valence-corrected chi connectivity index (χ3v) is 4.35. The predicted octanol–water partition coefficient (Wildman–Crippen LogP) is 3.87. The van der Waals surface area contributed by atoms with E-state index in [4.69, 9.17) is 0 Å². The molecule has 0 aliphatic rings. The van der Waals surface area contributed by atoms with E-state index in [1.165, 1.54) is 15.8 Å². The van der Waals surface area contributed by atoms with Crippen molar-refractivity contribution < 1.29 is 9.90 Å². The van der Waals surface area contributed by atoms with Crippen LogP contribution in [-0.4, -0.2) is 11.0 Å². The first-order valence-electron chi connectivity index (χ1n) is 6.56. The first kappa shape index (κ1) is 14.6. The first-order valence-corrected chi connectivity index (χ1v) is 7.37. The quantitative estimate of drug-likeness (QED) is 0.901. The maximum absolute atomic E-state index is 12.2. The topological polar surface area (TPSA) is 49.3 Å². The smallest absolute Gasteiger partial charge is 0.251 e. The molecule has 0 spiro atoms. The summed E-state index contributed by atoms with van der Waals surface area (Å²) < 4.78 is 0. The number of phenols is 1. The van der Waals surface area contributed by atoms with Crippen molar-refractivity contribution in [3.8, 4) is 5.75 Å². The van der Waals surface area contributed by atoms with Gasteiger partial charge in [-0.2, -0.15) is 0 Å². The summed E-state index contributed by atoms with van der Waals surface area (Å²) in [6.45, 7) is 7.90. The number of benzene rings is 1. The number of carbonyl (C=O) groups excluding carboxylic acids is 1. The zero-order valence-electron chi connectivity index (χ0n) is 12.2. The summed E-state index contributed by atoms with van der Waals surface area (Å²) in [7, 11) is 0. The summed E-state index contributed by atoms with van der Waals surface area (Å²) in [4.78, 5) is 14.7. The van der Waals surface area contributed by atoms with Gasteiger partial charge in [0.25, 0.3) is 5.91 Å². The van der Waals surface area contributed by atoms with E-state index >= 15 is 0 Å². The number of nitrogens with one attached hydrogen (secondary N) is 1. The van der Waals surface area contributed by atoms with E-state index in [0.29, 0.717) is 5.56 Å². The largest absolute Gasteiger partial charge is 0.508 e. The molecule has 2 rings (SSSR count). The zero-order chi connectivity index (χ0) is 14.9. The summed E-state index contributed by atoms with van der Waals surface area (Å²) in [5.41, 5.74) is 2.39. The van der Waals surface area contributed by atoms with Crippen LogP contribution in [0.15, 0.2) is 24.3 Å². The van der Waals surface area contributed by atoms with Crippen LogP contribution < -0.4 is 5.32 Å².